The van der Waals surface area contributed by atoms with Crippen molar-refractivity contribution >= 4 is 57.2 Å². The maximum absolute atomic E-state index is 12.5. The van der Waals surface area contributed by atoms with E-state index >= 15 is 0 Å². The summed E-state index contributed by atoms with van der Waals surface area (Å²) < 4.78 is 0. The van der Waals surface area contributed by atoms with Crippen molar-refractivity contribution in [3.8, 4) is 11.4 Å². The molecule has 3 N–H and O–H groups in total. The first-order valence-electron chi connectivity index (χ1n) is 9.44. The van der Waals surface area contributed by atoms with E-state index in [2.05, 4.69) is 20.6 Å². The maximum atomic E-state index is 12.5. The lowest BCUT2D eigenvalue weighted by molar-refractivity contribution is -0.385. The van der Waals surface area contributed by atoms with Crippen LogP contribution in [-0.4, -0.2) is 25.9 Å². The molecule has 0 saturated carbocycles. The van der Waals surface area contributed by atoms with Crippen LogP contribution < -0.4 is 10.6 Å². The number of aromatic nitrogens is 2. The second kappa shape index (κ2) is 8.74. The van der Waals surface area contributed by atoms with Crippen molar-refractivity contribution in [1.29, 1.82) is 0 Å². The molecule has 1 heterocycles. The number of carbonyl (C=O) groups excluding carboxylic acids is 1. The molecule has 0 saturated heterocycles. The van der Waals surface area contributed by atoms with Gasteiger partial charge in [-0.3, -0.25) is 20.2 Å². The van der Waals surface area contributed by atoms with E-state index in [0.29, 0.717) is 22.1 Å². The van der Waals surface area contributed by atoms with Crippen LogP contribution in [0.4, 0.5) is 11.4 Å². The molecule has 3 aromatic carbocycles. The highest BCUT2D eigenvalue weighted by Gasteiger charge is 2.16. The molecule has 10 heteroatoms. The van der Waals surface area contributed by atoms with Gasteiger partial charge in [-0.25, -0.2) is 4.98 Å². The van der Waals surface area contributed by atoms with Gasteiger partial charge in [0.1, 0.15) is 5.82 Å². The van der Waals surface area contributed by atoms with Crippen molar-refractivity contribution in [2.75, 3.05) is 5.32 Å². The number of hydrogen-bond acceptors (Lipinski definition) is 5. The summed E-state index contributed by atoms with van der Waals surface area (Å²) in [7, 11) is 0. The fourth-order valence-corrected chi connectivity index (χ4v) is 3.50. The van der Waals surface area contributed by atoms with Gasteiger partial charge in [-0.05, 0) is 55.5 Å². The average Bonchev–Trinajstić information content (AvgIpc) is 3.19. The second-order valence-electron chi connectivity index (χ2n) is 6.96. The summed E-state index contributed by atoms with van der Waals surface area (Å²) in [5, 5.41) is 16.9. The van der Waals surface area contributed by atoms with Crippen molar-refractivity contribution in [2.45, 2.75) is 6.92 Å². The third-order valence-electron chi connectivity index (χ3n) is 4.77. The zero-order chi connectivity index (χ0) is 22.8. The van der Waals surface area contributed by atoms with E-state index in [1.807, 2.05) is 30.3 Å². The predicted molar refractivity (Wildman–Crippen MR) is 128 cm³/mol. The van der Waals surface area contributed by atoms with Gasteiger partial charge in [0.15, 0.2) is 5.11 Å². The summed E-state index contributed by atoms with van der Waals surface area (Å²) in [6.07, 6.45) is 0. The average molecular weight is 466 g/mol. The van der Waals surface area contributed by atoms with Gasteiger partial charge < -0.3 is 10.3 Å². The standard InChI is InChI=1S/C22H16ClN5O3S/c1-12-6-7-14(11-19(12)28(30)31)21(29)27-22(32)26-18-10-13(8-9-15(18)23)20-24-16-4-2-3-5-17(16)25-20/h2-11H,1H3,(H,24,25)(H2,26,27,29,32). The van der Waals surface area contributed by atoms with Crippen LogP contribution >= 0.6 is 23.8 Å². The molecule has 0 atom stereocenters. The van der Waals surface area contributed by atoms with E-state index < -0.39 is 10.8 Å². The Morgan fingerprint density at radius 3 is 2.69 bits per heavy atom. The molecule has 0 unspecified atom stereocenters. The highest BCUT2D eigenvalue weighted by molar-refractivity contribution is 7.80. The Morgan fingerprint density at radius 2 is 1.94 bits per heavy atom. The number of nitro benzene ring substituents is 1. The normalized spacial score (nSPS) is 10.7. The largest absolute Gasteiger partial charge is 0.338 e. The van der Waals surface area contributed by atoms with Crippen LogP contribution in [0, 0.1) is 17.0 Å². The van der Waals surface area contributed by atoms with Gasteiger partial charge in [-0.15, -0.1) is 0 Å². The molecule has 32 heavy (non-hydrogen) atoms. The van der Waals surface area contributed by atoms with Crippen LogP contribution in [0.15, 0.2) is 60.7 Å². The fraction of sp³-hybridized carbons (Fsp3) is 0.0455. The van der Waals surface area contributed by atoms with E-state index in [4.69, 9.17) is 23.8 Å². The minimum atomic E-state index is -0.574. The Labute approximate surface area is 192 Å². The number of halogens is 1. The van der Waals surface area contributed by atoms with Crippen LogP contribution in [0.3, 0.4) is 0 Å². The summed E-state index contributed by atoms with van der Waals surface area (Å²) in [4.78, 5) is 30.9. The number of thiocarbonyl (C=S) groups is 1. The molecule has 1 aromatic heterocycles. The number of H-pyrrole nitrogens is 1. The molecule has 0 bridgehead atoms. The van der Waals surface area contributed by atoms with Gasteiger partial charge in [0, 0.05) is 22.8 Å². The number of nitrogens with zero attached hydrogens (tertiary/aromatic N) is 2. The SMILES string of the molecule is Cc1ccc(C(=O)NC(=S)Nc2cc(-c3nc4ccccc4[nH]3)ccc2Cl)cc1[N+](=O)[O-]. The fourth-order valence-electron chi connectivity index (χ4n) is 3.13. The summed E-state index contributed by atoms with van der Waals surface area (Å²) in [6.45, 7) is 1.60. The number of carbonyl (C=O) groups is 1. The minimum Gasteiger partial charge on any atom is -0.338 e. The second-order valence-corrected chi connectivity index (χ2v) is 7.78. The molecule has 0 spiro atoms. The number of para-hydroxylation sites is 2. The Kier molecular flexibility index (Phi) is 5.85. The molecule has 0 radical (unpaired) electrons. The monoisotopic (exact) mass is 465 g/mol. The van der Waals surface area contributed by atoms with E-state index in [1.54, 1.807) is 19.1 Å². The zero-order valence-electron chi connectivity index (χ0n) is 16.7. The highest BCUT2D eigenvalue weighted by Crippen LogP contribution is 2.29. The van der Waals surface area contributed by atoms with Crippen LogP contribution in [0.1, 0.15) is 15.9 Å². The van der Waals surface area contributed by atoms with Crippen molar-refractivity contribution in [2.24, 2.45) is 0 Å². The Morgan fingerprint density at radius 1 is 1.16 bits per heavy atom. The molecule has 4 rings (SSSR count). The summed E-state index contributed by atoms with van der Waals surface area (Å²) in [5.74, 6) is 0.0861. The van der Waals surface area contributed by atoms with Crippen molar-refractivity contribution in [3.63, 3.8) is 0 Å². The van der Waals surface area contributed by atoms with E-state index in [0.717, 1.165) is 16.6 Å². The molecule has 160 valence electrons. The van der Waals surface area contributed by atoms with E-state index in [9.17, 15) is 14.9 Å². The summed E-state index contributed by atoms with van der Waals surface area (Å²) in [5.41, 5.74) is 3.43. The number of anilines is 1. The van der Waals surface area contributed by atoms with Crippen LogP contribution in [0.25, 0.3) is 22.4 Å². The Bertz CT molecular complexity index is 1350. The number of nitro groups is 1. The van der Waals surface area contributed by atoms with Crippen LogP contribution in [0.5, 0.6) is 0 Å². The van der Waals surface area contributed by atoms with Crippen molar-refractivity contribution in [3.05, 3.63) is 86.9 Å². The van der Waals surface area contributed by atoms with Crippen molar-refractivity contribution < 1.29 is 9.72 Å². The van der Waals surface area contributed by atoms with Crippen LogP contribution in [0.2, 0.25) is 5.02 Å². The molecule has 0 fully saturated rings. The number of aryl methyl sites for hydroxylation is 1. The first-order chi connectivity index (χ1) is 15.3. The number of nitrogens with one attached hydrogen (secondary N) is 3. The molecule has 0 aliphatic carbocycles. The van der Waals surface area contributed by atoms with E-state index in [1.165, 1.54) is 18.2 Å². The Hall–Kier alpha value is -3.82. The topological polar surface area (TPSA) is 113 Å². The van der Waals surface area contributed by atoms with Gasteiger partial charge in [-0.1, -0.05) is 29.8 Å². The number of imidazole rings is 1. The smallest absolute Gasteiger partial charge is 0.273 e. The Balaban J connectivity index is 1.52. The van der Waals surface area contributed by atoms with Gasteiger partial charge in [0.2, 0.25) is 0 Å². The van der Waals surface area contributed by atoms with Gasteiger partial charge >= 0.3 is 0 Å². The lowest BCUT2D eigenvalue weighted by Crippen LogP contribution is -2.34. The number of rotatable bonds is 4. The van der Waals surface area contributed by atoms with Crippen LogP contribution in [-0.2, 0) is 0 Å². The molecule has 1 amide bonds. The number of aromatic amines is 1. The van der Waals surface area contributed by atoms with Gasteiger partial charge in [-0.2, -0.15) is 0 Å². The molecule has 0 aliphatic rings. The number of hydrogen-bond donors (Lipinski definition) is 3. The first-order valence-corrected chi connectivity index (χ1v) is 10.2. The summed E-state index contributed by atoms with van der Waals surface area (Å²) >= 11 is 11.5. The minimum absolute atomic E-state index is 0.00174. The lowest BCUT2D eigenvalue weighted by atomic mass is 10.1. The van der Waals surface area contributed by atoms with Crippen molar-refractivity contribution in [1.82, 2.24) is 15.3 Å². The van der Waals surface area contributed by atoms with E-state index in [-0.39, 0.29) is 16.4 Å². The molecule has 4 aromatic rings. The highest BCUT2D eigenvalue weighted by atomic mass is 35.5. The lowest BCUT2D eigenvalue weighted by Gasteiger charge is -2.12. The zero-order valence-corrected chi connectivity index (χ0v) is 18.3. The molecular weight excluding hydrogens is 450 g/mol. The molecule has 0 aliphatic heterocycles. The quantitative estimate of drug-likeness (QED) is 0.216. The third-order valence-corrected chi connectivity index (χ3v) is 5.31. The summed E-state index contributed by atoms with van der Waals surface area (Å²) in [6, 6.07) is 17.2. The number of amides is 1. The number of benzene rings is 3. The first kappa shape index (κ1) is 21.4. The predicted octanol–water partition coefficient (Wildman–Crippen LogP) is 5.23. The molecular formula is C22H16ClN5O3S. The number of fused-ring (bicyclic) bond motifs is 1. The van der Waals surface area contributed by atoms with Gasteiger partial charge in [0.25, 0.3) is 11.6 Å². The molecule has 8 nitrogen and oxygen atoms in total. The third kappa shape index (κ3) is 4.43. The maximum Gasteiger partial charge on any atom is 0.273 e. The van der Waals surface area contributed by atoms with Gasteiger partial charge in [0.05, 0.1) is 26.7 Å².